The molecule has 142 valence electrons. The molecule has 1 aromatic heterocycles. The third-order valence-electron chi connectivity index (χ3n) is 6.24. The fourth-order valence-corrected chi connectivity index (χ4v) is 4.79. The van der Waals surface area contributed by atoms with Crippen molar-refractivity contribution in [2.75, 3.05) is 20.1 Å². The summed E-state index contributed by atoms with van der Waals surface area (Å²) in [4.78, 5) is 18.4. The molecule has 0 spiro atoms. The van der Waals surface area contributed by atoms with Gasteiger partial charge in [0.1, 0.15) is 5.76 Å². The van der Waals surface area contributed by atoms with Crippen LogP contribution in [-0.2, 0) is 11.2 Å². The van der Waals surface area contributed by atoms with Gasteiger partial charge in [-0.25, -0.2) is 0 Å². The molecule has 3 fully saturated rings. The summed E-state index contributed by atoms with van der Waals surface area (Å²) in [7, 11) is 1.88. The molecular weight excluding hydrogens is 328 g/mol. The molecule has 2 N–H and O–H groups in total. The Morgan fingerprint density at radius 2 is 2.23 bits per heavy atom. The number of likely N-dealkylation sites (tertiary alicyclic amines) is 1. The summed E-state index contributed by atoms with van der Waals surface area (Å²) in [6, 6.07) is 4.73. The lowest BCUT2D eigenvalue weighted by atomic mass is 9.95. The van der Waals surface area contributed by atoms with E-state index in [0.717, 1.165) is 42.9 Å². The van der Waals surface area contributed by atoms with Crippen molar-refractivity contribution in [3.05, 3.63) is 24.2 Å². The van der Waals surface area contributed by atoms with Gasteiger partial charge in [-0.3, -0.25) is 9.79 Å². The molecule has 2 aliphatic carbocycles. The molecule has 4 rings (SSSR count). The molecule has 6 heteroatoms. The van der Waals surface area contributed by atoms with Gasteiger partial charge in [0, 0.05) is 45.1 Å². The van der Waals surface area contributed by atoms with Crippen LogP contribution in [0.2, 0.25) is 0 Å². The van der Waals surface area contributed by atoms with E-state index >= 15 is 0 Å². The minimum atomic E-state index is 0.237. The number of fused-ring (bicyclic) bond motifs is 2. The Kier molecular flexibility index (Phi) is 5.18. The van der Waals surface area contributed by atoms with Crippen molar-refractivity contribution >= 4 is 11.9 Å². The number of carbonyl (C=O) groups excluding carboxylic acids is 1. The van der Waals surface area contributed by atoms with E-state index in [1.807, 2.05) is 24.1 Å². The Morgan fingerprint density at radius 3 is 2.92 bits per heavy atom. The maximum absolute atomic E-state index is 11.7. The van der Waals surface area contributed by atoms with Gasteiger partial charge < -0.3 is 20.0 Å². The maximum atomic E-state index is 11.7. The number of likely N-dealkylation sites (N-methyl/N-ethyl adjacent to an activating group) is 1. The second-order valence-corrected chi connectivity index (χ2v) is 8.14. The van der Waals surface area contributed by atoms with Crippen LogP contribution in [0.3, 0.4) is 0 Å². The van der Waals surface area contributed by atoms with Gasteiger partial charge in [-0.05, 0) is 49.7 Å². The molecule has 26 heavy (non-hydrogen) atoms. The van der Waals surface area contributed by atoms with Crippen LogP contribution < -0.4 is 10.6 Å². The van der Waals surface area contributed by atoms with Crippen molar-refractivity contribution in [3.8, 4) is 0 Å². The highest BCUT2D eigenvalue weighted by molar-refractivity contribution is 5.81. The maximum Gasteiger partial charge on any atom is 0.222 e. The highest BCUT2D eigenvalue weighted by atomic mass is 16.3. The van der Waals surface area contributed by atoms with E-state index in [1.54, 1.807) is 6.26 Å². The molecule has 2 bridgehead atoms. The summed E-state index contributed by atoms with van der Waals surface area (Å²) < 4.78 is 5.41. The second-order valence-electron chi connectivity index (χ2n) is 8.14. The predicted molar refractivity (Wildman–Crippen MR) is 101 cm³/mol. The zero-order valence-corrected chi connectivity index (χ0v) is 15.6. The summed E-state index contributed by atoms with van der Waals surface area (Å²) in [6.07, 6.45) is 9.39. The number of hydrogen-bond donors (Lipinski definition) is 2. The van der Waals surface area contributed by atoms with Gasteiger partial charge in [-0.1, -0.05) is 6.42 Å². The molecular formula is C20H30N4O2. The van der Waals surface area contributed by atoms with Crippen molar-refractivity contribution in [3.63, 3.8) is 0 Å². The number of guanidine groups is 1. The van der Waals surface area contributed by atoms with E-state index in [1.165, 1.54) is 25.7 Å². The van der Waals surface area contributed by atoms with Crippen LogP contribution in [-0.4, -0.2) is 49.0 Å². The number of furan rings is 1. The molecule has 2 heterocycles. The molecule has 1 aliphatic heterocycles. The van der Waals surface area contributed by atoms with Gasteiger partial charge in [0.25, 0.3) is 0 Å². The van der Waals surface area contributed by atoms with Gasteiger partial charge in [0.2, 0.25) is 5.91 Å². The summed E-state index contributed by atoms with van der Waals surface area (Å²) in [5.74, 6) is 3.81. The summed E-state index contributed by atoms with van der Waals surface area (Å²) in [6.45, 7) is 1.44. The standard InChI is InChI=1S/C20H30N4O2/c1-24-13-16(6-7-19(24)25)22-20(21-9-8-17-3-2-10-26-17)23-18-12-14-4-5-15(18)11-14/h2-3,10,14-16,18H,4-9,11-13H2,1H3,(H2,21,22,23). The Morgan fingerprint density at radius 1 is 1.31 bits per heavy atom. The van der Waals surface area contributed by atoms with E-state index in [4.69, 9.17) is 9.41 Å². The lowest BCUT2D eigenvalue weighted by Gasteiger charge is -2.33. The number of rotatable bonds is 5. The number of carbonyl (C=O) groups is 1. The Balaban J connectivity index is 1.37. The molecule has 0 radical (unpaired) electrons. The van der Waals surface area contributed by atoms with Crippen LogP contribution >= 0.6 is 0 Å². The first-order chi connectivity index (χ1) is 12.7. The van der Waals surface area contributed by atoms with Crippen LogP contribution in [0.4, 0.5) is 0 Å². The smallest absolute Gasteiger partial charge is 0.222 e. The zero-order chi connectivity index (χ0) is 17.9. The molecule has 0 aromatic carbocycles. The molecule has 4 unspecified atom stereocenters. The first-order valence-corrected chi connectivity index (χ1v) is 10.0. The quantitative estimate of drug-likeness (QED) is 0.625. The molecule has 3 aliphatic rings. The molecule has 6 nitrogen and oxygen atoms in total. The minimum absolute atomic E-state index is 0.237. The minimum Gasteiger partial charge on any atom is -0.469 e. The van der Waals surface area contributed by atoms with Crippen molar-refractivity contribution in [2.45, 2.75) is 57.0 Å². The summed E-state index contributed by atoms with van der Waals surface area (Å²) in [5.41, 5.74) is 0. The summed E-state index contributed by atoms with van der Waals surface area (Å²) in [5, 5.41) is 7.29. The number of nitrogens with zero attached hydrogens (tertiary/aromatic N) is 2. The predicted octanol–water partition coefficient (Wildman–Crippen LogP) is 2.17. The van der Waals surface area contributed by atoms with Gasteiger partial charge in [-0.2, -0.15) is 0 Å². The summed E-state index contributed by atoms with van der Waals surface area (Å²) >= 11 is 0. The topological polar surface area (TPSA) is 69.9 Å². The highest BCUT2D eigenvalue weighted by Crippen LogP contribution is 2.44. The Labute approximate surface area is 155 Å². The van der Waals surface area contributed by atoms with Gasteiger partial charge in [0.15, 0.2) is 5.96 Å². The lowest BCUT2D eigenvalue weighted by molar-refractivity contribution is -0.132. The molecule has 2 saturated carbocycles. The van der Waals surface area contributed by atoms with Crippen molar-refractivity contribution in [1.29, 1.82) is 0 Å². The monoisotopic (exact) mass is 358 g/mol. The number of hydrogen-bond acceptors (Lipinski definition) is 3. The second kappa shape index (κ2) is 7.72. The molecule has 1 saturated heterocycles. The van der Waals surface area contributed by atoms with Crippen molar-refractivity contribution in [1.82, 2.24) is 15.5 Å². The Bertz CT molecular complexity index is 642. The van der Waals surface area contributed by atoms with Crippen molar-refractivity contribution in [2.24, 2.45) is 16.8 Å². The fourth-order valence-electron chi connectivity index (χ4n) is 4.79. The van der Waals surface area contributed by atoms with E-state index in [2.05, 4.69) is 10.6 Å². The van der Waals surface area contributed by atoms with Crippen molar-refractivity contribution < 1.29 is 9.21 Å². The molecule has 1 aromatic rings. The first-order valence-electron chi connectivity index (χ1n) is 10.0. The molecule has 4 atom stereocenters. The van der Waals surface area contributed by atoms with E-state index < -0.39 is 0 Å². The number of aliphatic imine (C=N–C) groups is 1. The van der Waals surface area contributed by atoms with Gasteiger partial charge in [-0.15, -0.1) is 0 Å². The van der Waals surface area contributed by atoms with Crippen LogP contribution in [0.1, 0.15) is 44.3 Å². The third-order valence-corrected chi connectivity index (χ3v) is 6.24. The SMILES string of the molecule is CN1CC(NC(=NCCc2ccco2)NC2CC3CCC2C3)CCC1=O. The van der Waals surface area contributed by atoms with Gasteiger partial charge >= 0.3 is 0 Å². The van der Waals surface area contributed by atoms with E-state index in [-0.39, 0.29) is 11.9 Å². The van der Waals surface area contributed by atoms with Gasteiger partial charge in [0.05, 0.1) is 6.26 Å². The fraction of sp³-hybridized carbons (Fsp3) is 0.700. The lowest BCUT2D eigenvalue weighted by Crippen LogP contribution is -2.54. The van der Waals surface area contributed by atoms with Crippen LogP contribution in [0.5, 0.6) is 0 Å². The number of nitrogens with one attached hydrogen (secondary N) is 2. The van der Waals surface area contributed by atoms with Crippen LogP contribution in [0, 0.1) is 11.8 Å². The van der Waals surface area contributed by atoms with Crippen LogP contribution in [0.15, 0.2) is 27.8 Å². The van der Waals surface area contributed by atoms with E-state index in [9.17, 15) is 4.79 Å². The number of piperidine rings is 1. The first kappa shape index (κ1) is 17.4. The Hall–Kier alpha value is -1.98. The third kappa shape index (κ3) is 4.05. The van der Waals surface area contributed by atoms with Crippen LogP contribution in [0.25, 0.3) is 0 Å². The van der Waals surface area contributed by atoms with E-state index in [0.29, 0.717) is 19.0 Å². The largest absolute Gasteiger partial charge is 0.469 e. The number of amides is 1. The highest BCUT2D eigenvalue weighted by Gasteiger charge is 2.40. The molecule has 1 amide bonds. The average molecular weight is 358 g/mol. The normalized spacial score (nSPS) is 31.5. The average Bonchev–Trinajstić information content (AvgIpc) is 3.36. The zero-order valence-electron chi connectivity index (χ0n) is 15.6.